The molecule has 0 aliphatic heterocycles. The fourth-order valence-electron chi connectivity index (χ4n) is 4.16. The number of benzene rings is 1. The van der Waals surface area contributed by atoms with E-state index in [9.17, 15) is 9.59 Å². The molecule has 6 nitrogen and oxygen atoms in total. The van der Waals surface area contributed by atoms with Gasteiger partial charge in [-0.1, -0.05) is 37.5 Å². The van der Waals surface area contributed by atoms with E-state index in [-0.39, 0.29) is 17.9 Å². The summed E-state index contributed by atoms with van der Waals surface area (Å²) < 4.78 is 10.8. The number of rotatable bonds is 11. The van der Waals surface area contributed by atoms with Gasteiger partial charge in [0, 0.05) is 25.8 Å². The standard InChI is InChI=1S/C25H34N2O4S/c1-3-31-17-8-16-27(25(29)22-11-7-18-32-22)23(19-12-14-21(30-2)15-13-19)24(28)26-20-9-5-4-6-10-20/h7,11-15,18,20,23H,3-6,8-10,16-17H2,1-2H3,(H,26,28). The lowest BCUT2D eigenvalue weighted by atomic mass is 9.94. The Morgan fingerprint density at radius 1 is 1.16 bits per heavy atom. The number of hydrogen-bond donors (Lipinski definition) is 1. The summed E-state index contributed by atoms with van der Waals surface area (Å²) in [7, 11) is 1.61. The lowest BCUT2D eigenvalue weighted by Gasteiger charge is -2.33. The van der Waals surface area contributed by atoms with E-state index in [1.54, 1.807) is 12.0 Å². The smallest absolute Gasteiger partial charge is 0.264 e. The van der Waals surface area contributed by atoms with Crippen molar-refractivity contribution in [1.82, 2.24) is 10.2 Å². The third-order valence-corrected chi connectivity index (χ3v) is 6.69. The number of methoxy groups -OCH3 is 1. The minimum Gasteiger partial charge on any atom is -0.497 e. The van der Waals surface area contributed by atoms with Crippen molar-refractivity contribution in [3.8, 4) is 5.75 Å². The number of hydrogen-bond acceptors (Lipinski definition) is 5. The van der Waals surface area contributed by atoms with Crippen molar-refractivity contribution >= 4 is 23.2 Å². The van der Waals surface area contributed by atoms with Crippen LogP contribution in [0.25, 0.3) is 0 Å². The van der Waals surface area contributed by atoms with Gasteiger partial charge in [0.05, 0.1) is 12.0 Å². The summed E-state index contributed by atoms with van der Waals surface area (Å²) in [5.74, 6) is 0.465. The number of carbonyl (C=O) groups excluding carboxylic acids is 2. The SMILES string of the molecule is CCOCCCN(C(=O)c1cccs1)C(C(=O)NC1CCCCC1)c1ccc(OC)cc1. The molecule has 1 aliphatic carbocycles. The molecule has 1 aliphatic rings. The summed E-state index contributed by atoms with van der Waals surface area (Å²) in [6.07, 6.45) is 6.12. The second-order valence-corrected chi connectivity index (χ2v) is 8.99. The number of ether oxygens (including phenoxy) is 2. The van der Waals surface area contributed by atoms with Crippen LogP contribution < -0.4 is 10.1 Å². The van der Waals surface area contributed by atoms with E-state index >= 15 is 0 Å². The topological polar surface area (TPSA) is 67.9 Å². The van der Waals surface area contributed by atoms with E-state index in [4.69, 9.17) is 9.47 Å². The van der Waals surface area contributed by atoms with Crippen LogP contribution in [0, 0.1) is 0 Å². The van der Waals surface area contributed by atoms with Crippen LogP contribution in [0.2, 0.25) is 0 Å². The van der Waals surface area contributed by atoms with Crippen LogP contribution in [0.5, 0.6) is 5.75 Å². The summed E-state index contributed by atoms with van der Waals surface area (Å²) in [5.41, 5.74) is 0.778. The lowest BCUT2D eigenvalue weighted by Crippen LogP contribution is -2.47. The monoisotopic (exact) mass is 458 g/mol. The normalized spacial score (nSPS) is 15.2. The van der Waals surface area contributed by atoms with Crippen molar-refractivity contribution in [1.29, 1.82) is 0 Å². The first-order valence-electron chi connectivity index (χ1n) is 11.5. The molecule has 1 fully saturated rings. The van der Waals surface area contributed by atoms with E-state index in [1.165, 1.54) is 17.8 Å². The van der Waals surface area contributed by atoms with Gasteiger partial charge in [-0.15, -0.1) is 11.3 Å². The molecule has 1 saturated carbocycles. The van der Waals surface area contributed by atoms with Crippen LogP contribution in [0.1, 0.15) is 66.7 Å². The number of amides is 2. The Kier molecular flexibility index (Phi) is 9.56. The molecular formula is C25H34N2O4S. The zero-order valence-corrected chi connectivity index (χ0v) is 19.9. The third-order valence-electron chi connectivity index (χ3n) is 5.83. The molecule has 1 aromatic heterocycles. The Morgan fingerprint density at radius 3 is 2.53 bits per heavy atom. The van der Waals surface area contributed by atoms with Gasteiger partial charge in [0.1, 0.15) is 11.8 Å². The number of thiophene rings is 1. The van der Waals surface area contributed by atoms with Crippen molar-refractivity contribution in [2.45, 2.75) is 57.5 Å². The van der Waals surface area contributed by atoms with Crippen molar-refractivity contribution in [2.75, 3.05) is 26.9 Å². The lowest BCUT2D eigenvalue weighted by molar-refractivity contribution is -0.127. The largest absolute Gasteiger partial charge is 0.497 e. The molecule has 32 heavy (non-hydrogen) atoms. The van der Waals surface area contributed by atoms with Crippen LogP contribution in [-0.4, -0.2) is 49.6 Å². The van der Waals surface area contributed by atoms with Gasteiger partial charge in [0.15, 0.2) is 0 Å². The Hall–Kier alpha value is -2.38. The van der Waals surface area contributed by atoms with E-state index in [1.807, 2.05) is 48.7 Å². The highest BCUT2D eigenvalue weighted by atomic mass is 32.1. The quantitative estimate of drug-likeness (QED) is 0.491. The fourth-order valence-corrected chi connectivity index (χ4v) is 4.84. The summed E-state index contributed by atoms with van der Waals surface area (Å²) >= 11 is 1.39. The summed E-state index contributed by atoms with van der Waals surface area (Å²) in [5, 5.41) is 5.12. The molecule has 0 bridgehead atoms. The molecule has 1 N–H and O–H groups in total. The fraction of sp³-hybridized carbons (Fsp3) is 0.520. The Morgan fingerprint density at radius 2 is 1.91 bits per heavy atom. The summed E-state index contributed by atoms with van der Waals surface area (Å²) in [6, 6.07) is 10.6. The number of nitrogens with zero attached hydrogens (tertiary/aromatic N) is 1. The van der Waals surface area contributed by atoms with Crippen molar-refractivity contribution in [2.24, 2.45) is 0 Å². The van der Waals surface area contributed by atoms with Crippen LogP contribution in [-0.2, 0) is 9.53 Å². The van der Waals surface area contributed by atoms with Gasteiger partial charge < -0.3 is 19.7 Å². The Bertz CT molecular complexity index is 832. The van der Waals surface area contributed by atoms with E-state index in [0.29, 0.717) is 36.8 Å². The first-order valence-corrected chi connectivity index (χ1v) is 12.4. The van der Waals surface area contributed by atoms with E-state index in [2.05, 4.69) is 5.32 Å². The van der Waals surface area contributed by atoms with Gasteiger partial charge in [0.2, 0.25) is 5.91 Å². The van der Waals surface area contributed by atoms with Crippen molar-refractivity contribution < 1.29 is 19.1 Å². The minimum absolute atomic E-state index is 0.122. The number of nitrogens with one attached hydrogen (secondary N) is 1. The van der Waals surface area contributed by atoms with Gasteiger partial charge in [-0.2, -0.15) is 0 Å². The molecule has 174 valence electrons. The Labute approximate surface area is 194 Å². The van der Waals surface area contributed by atoms with Gasteiger partial charge >= 0.3 is 0 Å². The van der Waals surface area contributed by atoms with Gasteiger partial charge in [-0.3, -0.25) is 9.59 Å². The molecule has 7 heteroatoms. The highest BCUT2D eigenvalue weighted by Crippen LogP contribution is 2.28. The maximum Gasteiger partial charge on any atom is 0.264 e. The molecule has 3 rings (SSSR count). The molecule has 0 spiro atoms. The highest BCUT2D eigenvalue weighted by Gasteiger charge is 2.33. The number of carbonyl (C=O) groups is 2. The molecule has 1 aromatic carbocycles. The summed E-state index contributed by atoms with van der Waals surface area (Å²) in [4.78, 5) is 29.4. The highest BCUT2D eigenvalue weighted by molar-refractivity contribution is 7.12. The van der Waals surface area contributed by atoms with Crippen LogP contribution >= 0.6 is 11.3 Å². The molecule has 0 saturated heterocycles. The van der Waals surface area contributed by atoms with Crippen LogP contribution in [0.3, 0.4) is 0 Å². The second kappa shape index (κ2) is 12.6. The van der Waals surface area contributed by atoms with Crippen LogP contribution in [0.4, 0.5) is 0 Å². The molecule has 2 aromatic rings. The average molecular weight is 459 g/mol. The second-order valence-electron chi connectivity index (χ2n) is 8.05. The van der Waals surface area contributed by atoms with Gasteiger partial charge in [-0.05, 0) is 55.3 Å². The van der Waals surface area contributed by atoms with Gasteiger partial charge in [0.25, 0.3) is 5.91 Å². The van der Waals surface area contributed by atoms with E-state index in [0.717, 1.165) is 31.2 Å². The summed E-state index contributed by atoms with van der Waals surface area (Å²) in [6.45, 7) is 3.56. The van der Waals surface area contributed by atoms with Crippen LogP contribution in [0.15, 0.2) is 41.8 Å². The maximum absolute atomic E-state index is 13.6. The molecule has 1 heterocycles. The zero-order chi connectivity index (χ0) is 22.8. The predicted molar refractivity (Wildman–Crippen MR) is 127 cm³/mol. The average Bonchev–Trinajstić information content (AvgIpc) is 3.36. The maximum atomic E-state index is 13.6. The minimum atomic E-state index is -0.709. The zero-order valence-electron chi connectivity index (χ0n) is 19.0. The molecule has 1 unspecified atom stereocenters. The van der Waals surface area contributed by atoms with E-state index < -0.39 is 6.04 Å². The van der Waals surface area contributed by atoms with Crippen molar-refractivity contribution in [3.63, 3.8) is 0 Å². The first-order chi connectivity index (χ1) is 15.6. The van der Waals surface area contributed by atoms with Crippen molar-refractivity contribution in [3.05, 3.63) is 52.2 Å². The molecule has 1 atom stereocenters. The molecular weight excluding hydrogens is 424 g/mol. The molecule has 2 amide bonds. The Balaban J connectivity index is 1.90. The first kappa shape index (κ1) is 24.3. The predicted octanol–water partition coefficient (Wildman–Crippen LogP) is 4.82. The molecule has 0 radical (unpaired) electrons. The van der Waals surface area contributed by atoms with Gasteiger partial charge in [-0.25, -0.2) is 0 Å². The third kappa shape index (κ3) is 6.56.